The molecule has 0 saturated heterocycles. The quantitative estimate of drug-likeness (QED) is 0.798. The molecule has 0 atom stereocenters. The summed E-state index contributed by atoms with van der Waals surface area (Å²) >= 11 is 3.46. The van der Waals surface area contributed by atoms with Crippen molar-refractivity contribution >= 4 is 21.6 Å². The lowest BCUT2D eigenvalue weighted by atomic mass is 10.1. The van der Waals surface area contributed by atoms with Crippen molar-refractivity contribution in [2.24, 2.45) is 5.73 Å². The van der Waals surface area contributed by atoms with Gasteiger partial charge in [-0.2, -0.15) is 0 Å². The highest BCUT2D eigenvalue weighted by Gasteiger charge is 2.13. The van der Waals surface area contributed by atoms with Gasteiger partial charge in [-0.15, -0.1) is 0 Å². The molecule has 0 bridgehead atoms. The van der Waals surface area contributed by atoms with Gasteiger partial charge in [0, 0.05) is 22.7 Å². The fourth-order valence-electron chi connectivity index (χ4n) is 2.28. The first-order valence-corrected chi connectivity index (χ1v) is 7.11. The summed E-state index contributed by atoms with van der Waals surface area (Å²) in [5.74, 6) is -0.249. The normalized spacial score (nSPS) is 11.2. The summed E-state index contributed by atoms with van der Waals surface area (Å²) in [6.45, 7) is 0.536. The number of pyridine rings is 1. The number of benzene rings is 1. The van der Waals surface area contributed by atoms with Crippen LogP contribution in [0, 0.1) is 5.82 Å². The smallest absolute Gasteiger partial charge is 0.137 e. The third kappa shape index (κ3) is 2.34. The number of rotatable bonds is 3. The lowest BCUT2D eigenvalue weighted by Crippen LogP contribution is -2.06. The van der Waals surface area contributed by atoms with Crippen molar-refractivity contribution in [1.82, 2.24) is 9.38 Å². The minimum Gasteiger partial charge on any atom is -0.330 e. The highest BCUT2D eigenvalue weighted by molar-refractivity contribution is 9.10. The molecule has 0 unspecified atom stereocenters. The maximum Gasteiger partial charge on any atom is 0.137 e. The molecule has 0 aliphatic heterocycles. The van der Waals surface area contributed by atoms with Crippen LogP contribution in [0.3, 0.4) is 0 Å². The Balaban J connectivity index is 2.23. The van der Waals surface area contributed by atoms with Crippen molar-refractivity contribution in [2.45, 2.75) is 6.42 Å². The Morgan fingerprint density at radius 3 is 2.60 bits per heavy atom. The first-order chi connectivity index (χ1) is 9.69. The summed E-state index contributed by atoms with van der Waals surface area (Å²) in [6, 6.07) is 10.3. The van der Waals surface area contributed by atoms with E-state index in [1.165, 1.54) is 12.1 Å². The van der Waals surface area contributed by atoms with Gasteiger partial charge in [-0.05, 0) is 58.9 Å². The lowest BCUT2D eigenvalue weighted by Gasteiger charge is -2.04. The summed E-state index contributed by atoms with van der Waals surface area (Å²) < 4.78 is 16.1. The molecule has 5 heteroatoms. The first-order valence-electron chi connectivity index (χ1n) is 6.31. The maximum absolute atomic E-state index is 13.1. The van der Waals surface area contributed by atoms with Crippen molar-refractivity contribution in [1.29, 1.82) is 0 Å². The van der Waals surface area contributed by atoms with Crippen LogP contribution in [-0.2, 0) is 6.42 Å². The fourth-order valence-corrected chi connectivity index (χ4v) is 2.62. The molecule has 0 aliphatic carbocycles. The molecule has 2 heterocycles. The number of nitrogens with two attached hydrogens (primary N) is 1. The highest BCUT2D eigenvalue weighted by atomic mass is 79.9. The van der Waals surface area contributed by atoms with E-state index in [2.05, 4.69) is 20.9 Å². The van der Waals surface area contributed by atoms with Crippen LogP contribution in [0.25, 0.3) is 16.9 Å². The van der Waals surface area contributed by atoms with Gasteiger partial charge in [0.2, 0.25) is 0 Å². The first kappa shape index (κ1) is 13.3. The summed E-state index contributed by atoms with van der Waals surface area (Å²) in [6.07, 6.45) is 2.69. The predicted molar refractivity (Wildman–Crippen MR) is 81.0 cm³/mol. The Morgan fingerprint density at radius 2 is 1.90 bits per heavy atom. The van der Waals surface area contributed by atoms with Crippen molar-refractivity contribution in [3.63, 3.8) is 0 Å². The van der Waals surface area contributed by atoms with Crippen LogP contribution in [0.15, 0.2) is 47.1 Å². The van der Waals surface area contributed by atoms with Crippen LogP contribution in [0.2, 0.25) is 0 Å². The van der Waals surface area contributed by atoms with Crippen molar-refractivity contribution < 1.29 is 4.39 Å². The second-order valence-electron chi connectivity index (χ2n) is 4.53. The molecule has 0 spiro atoms. The molecular weight excluding hydrogens is 321 g/mol. The Morgan fingerprint density at radius 1 is 1.15 bits per heavy atom. The summed E-state index contributed by atoms with van der Waals surface area (Å²) in [5.41, 5.74) is 9.35. The molecular formula is C15H13BrFN3. The monoisotopic (exact) mass is 333 g/mol. The molecule has 0 radical (unpaired) electrons. The second-order valence-corrected chi connectivity index (χ2v) is 5.44. The third-order valence-corrected chi connectivity index (χ3v) is 3.65. The number of halogens is 2. The highest BCUT2D eigenvalue weighted by Crippen LogP contribution is 2.26. The maximum atomic E-state index is 13.1. The zero-order valence-corrected chi connectivity index (χ0v) is 12.3. The molecule has 0 amide bonds. The van der Waals surface area contributed by atoms with E-state index in [1.54, 1.807) is 12.1 Å². The van der Waals surface area contributed by atoms with E-state index in [1.807, 2.05) is 22.7 Å². The van der Waals surface area contributed by atoms with Gasteiger partial charge in [-0.25, -0.2) is 9.37 Å². The molecule has 2 aromatic heterocycles. The van der Waals surface area contributed by atoms with Gasteiger partial charge in [0.05, 0.1) is 11.4 Å². The molecule has 102 valence electrons. The SMILES string of the molecule is NCCc1c(-c2ccc(F)cc2)nc2ccc(Br)cn12. The minimum atomic E-state index is -0.249. The number of imidazole rings is 1. The van der Waals surface area contributed by atoms with E-state index >= 15 is 0 Å². The van der Waals surface area contributed by atoms with Crippen LogP contribution < -0.4 is 5.73 Å². The largest absolute Gasteiger partial charge is 0.330 e. The van der Waals surface area contributed by atoms with E-state index in [-0.39, 0.29) is 5.82 Å². The molecule has 2 N–H and O–H groups in total. The van der Waals surface area contributed by atoms with E-state index in [0.29, 0.717) is 13.0 Å². The number of nitrogens with zero attached hydrogens (tertiary/aromatic N) is 2. The van der Waals surface area contributed by atoms with E-state index in [9.17, 15) is 4.39 Å². The Kier molecular flexibility index (Phi) is 3.54. The van der Waals surface area contributed by atoms with Crippen LogP contribution in [-0.4, -0.2) is 15.9 Å². The molecule has 20 heavy (non-hydrogen) atoms. The standard InChI is InChI=1S/C15H13BrFN3/c16-11-3-6-14-19-15(10-1-4-12(17)5-2-10)13(7-8-18)20(14)9-11/h1-6,9H,7-8,18H2. The number of fused-ring (bicyclic) bond motifs is 1. The van der Waals surface area contributed by atoms with Crippen molar-refractivity contribution in [3.8, 4) is 11.3 Å². The molecule has 1 aromatic carbocycles. The average Bonchev–Trinajstić information content (AvgIpc) is 2.79. The second kappa shape index (κ2) is 5.34. The molecule has 3 aromatic rings. The van der Waals surface area contributed by atoms with E-state index < -0.39 is 0 Å². The van der Waals surface area contributed by atoms with Crippen LogP contribution in [0.5, 0.6) is 0 Å². The van der Waals surface area contributed by atoms with Gasteiger partial charge >= 0.3 is 0 Å². The number of hydrogen-bond acceptors (Lipinski definition) is 2. The Labute approximate surface area is 124 Å². The number of aromatic nitrogens is 2. The van der Waals surface area contributed by atoms with E-state index in [4.69, 9.17) is 5.73 Å². The van der Waals surface area contributed by atoms with Gasteiger partial charge < -0.3 is 10.1 Å². The third-order valence-electron chi connectivity index (χ3n) is 3.18. The van der Waals surface area contributed by atoms with Crippen molar-refractivity contribution in [2.75, 3.05) is 6.54 Å². The Hall–Kier alpha value is -1.72. The topological polar surface area (TPSA) is 43.3 Å². The van der Waals surface area contributed by atoms with Gasteiger partial charge in [0.15, 0.2) is 0 Å². The van der Waals surface area contributed by atoms with Crippen LogP contribution >= 0.6 is 15.9 Å². The zero-order chi connectivity index (χ0) is 14.1. The Bertz CT molecular complexity index is 750. The average molecular weight is 334 g/mol. The predicted octanol–water partition coefficient (Wildman–Crippen LogP) is 3.40. The lowest BCUT2D eigenvalue weighted by molar-refractivity contribution is 0.628. The van der Waals surface area contributed by atoms with Gasteiger partial charge in [0.1, 0.15) is 11.5 Å². The van der Waals surface area contributed by atoms with E-state index in [0.717, 1.165) is 27.1 Å². The molecule has 3 rings (SSSR count). The molecule has 0 saturated carbocycles. The summed E-state index contributed by atoms with van der Waals surface area (Å²) in [7, 11) is 0. The number of hydrogen-bond donors (Lipinski definition) is 1. The zero-order valence-electron chi connectivity index (χ0n) is 10.7. The van der Waals surface area contributed by atoms with Crippen molar-refractivity contribution in [3.05, 3.63) is 58.6 Å². The van der Waals surface area contributed by atoms with Gasteiger partial charge in [0.25, 0.3) is 0 Å². The van der Waals surface area contributed by atoms with Crippen LogP contribution in [0.1, 0.15) is 5.69 Å². The fraction of sp³-hybridized carbons (Fsp3) is 0.133. The van der Waals surface area contributed by atoms with Crippen LogP contribution in [0.4, 0.5) is 4.39 Å². The minimum absolute atomic E-state index is 0.249. The molecule has 0 aliphatic rings. The summed E-state index contributed by atoms with van der Waals surface area (Å²) in [5, 5.41) is 0. The molecule has 0 fully saturated rings. The summed E-state index contributed by atoms with van der Waals surface area (Å²) in [4.78, 5) is 4.64. The van der Waals surface area contributed by atoms with Gasteiger partial charge in [-0.3, -0.25) is 0 Å². The molecule has 3 nitrogen and oxygen atoms in total. The van der Waals surface area contributed by atoms with Gasteiger partial charge in [-0.1, -0.05) is 0 Å².